The van der Waals surface area contributed by atoms with Gasteiger partial charge in [0.2, 0.25) is 10.0 Å². The number of piperidine rings is 1. The second-order valence-corrected chi connectivity index (χ2v) is 9.73. The van der Waals surface area contributed by atoms with Gasteiger partial charge >= 0.3 is 6.18 Å². The first kappa shape index (κ1) is 22.3. The largest absolute Gasteiger partial charge is 0.418 e. The van der Waals surface area contributed by atoms with Crippen LogP contribution in [0.5, 0.6) is 0 Å². The normalized spacial score (nSPS) is 20.7. The smallest absolute Gasteiger partial charge is 0.321 e. The first-order chi connectivity index (χ1) is 14.0. The number of anilines is 1. The fourth-order valence-corrected chi connectivity index (χ4v) is 5.44. The Morgan fingerprint density at radius 2 is 1.57 bits per heavy atom. The third-order valence-corrected chi connectivity index (χ3v) is 6.92. The van der Waals surface area contributed by atoms with Gasteiger partial charge in [-0.25, -0.2) is 8.42 Å². The molecule has 0 unspecified atom stereocenters. The molecule has 0 aromatic heterocycles. The highest BCUT2D eigenvalue weighted by molar-refractivity contribution is 7.89. The first-order valence-electron chi connectivity index (χ1n) is 9.56. The van der Waals surface area contributed by atoms with Crippen LogP contribution in [0.4, 0.5) is 18.9 Å². The fourth-order valence-electron chi connectivity index (χ4n) is 3.76. The third kappa shape index (κ3) is 4.84. The molecule has 0 radical (unpaired) electrons. The Bertz CT molecular complexity index is 1010. The minimum Gasteiger partial charge on any atom is -0.321 e. The number of carbonyl (C=O) groups excluding carboxylic acids is 1. The van der Waals surface area contributed by atoms with Crippen molar-refractivity contribution in [2.45, 2.75) is 31.3 Å². The van der Waals surface area contributed by atoms with Crippen LogP contribution < -0.4 is 5.32 Å². The van der Waals surface area contributed by atoms with Crippen LogP contribution in [0.1, 0.15) is 36.2 Å². The second-order valence-electron chi connectivity index (χ2n) is 7.79. The summed E-state index contributed by atoms with van der Waals surface area (Å²) in [7, 11) is -3.70. The van der Waals surface area contributed by atoms with E-state index < -0.39 is 27.7 Å². The lowest BCUT2D eigenvalue weighted by atomic mass is 9.94. The number of carbonyl (C=O) groups is 1. The molecule has 30 heavy (non-hydrogen) atoms. The quantitative estimate of drug-likeness (QED) is 0.754. The maximum Gasteiger partial charge on any atom is 0.418 e. The van der Waals surface area contributed by atoms with E-state index in [0.717, 1.165) is 18.6 Å². The predicted octanol–water partition coefficient (Wildman–Crippen LogP) is 4.62. The number of para-hydroxylation sites is 1. The summed E-state index contributed by atoms with van der Waals surface area (Å²) in [5.41, 5.74) is -1.25. The predicted molar refractivity (Wildman–Crippen MR) is 108 cm³/mol. The van der Waals surface area contributed by atoms with Gasteiger partial charge in [-0.3, -0.25) is 4.79 Å². The molecule has 162 valence electrons. The van der Waals surface area contributed by atoms with Gasteiger partial charge in [-0.1, -0.05) is 26.0 Å². The van der Waals surface area contributed by atoms with Crippen LogP contribution in [0, 0.1) is 11.8 Å². The van der Waals surface area contributed by atoms with E-state index in [4.69, 9.17) is 0 Å². The number of alkyl halides is 3. The number of amides is 1. The fraction of sp³-hybridized carbons (Fsp3) is 0.381. The number of halogens is 3. The molecule has 0 aliphatic carbocycles. The van der Waals surface area contributed by atoms with Gasteiger partial charge in [0.1, 0.15) is 0 Å². The minimum absolute atomic E-state index is 0.0519. The Morgan fingerprint density at radius 3 is 2.13 bits per heavy atom. The highest BCUT2D eigenvalue weighted by Crippen LogP contribution is 2.34. The Labute approximate surface area is 173 Å². The van der Waals surface area contributed by atoms with E-state index in [9.17, 15) is 26.4 Å². The highest BCUT2D eigenvalue weighted by atomic mass is 32.2. The van der Waals surface area contributed by atoms with Gasteiger partial charge in [0.05, 0.1) is 16.1 Å². The molecule has 2 aromatic rings. The Hall–Kier alpha value is -2.39. The van der Waals surface area contributed by atoms with Crippen LogP contribution in [-0.4, -0.2) is 31.7 Å². The molecule has 3 rings (SSSR count). The van der Waals surface area contributed by atoms with Crippen molar-refractivity contribution >= 4 is 21.6 Å². The molecule has 1 aliphatic rings. The van der Waals surface area contributed by atoms with Crippen molar-refractivity contribution in [1.29, 1.82) is 0 Å². The molecule has 0 spiro atoms. The number of rotatable bonds is 4. The zero-order chi connectivity index (χ0) is 22.1. The van der Waals surface area contributed by atoms with Gasteiger partial charge in [0, 0.05) is 18.7 Å². The van der Waals surface area contributed by atoms with Gasteiger partial charge in [-0.2, -0.15) is 17.5 Å². The molecule has 9 heteroatoms. The van der Waals surface area contributed by atoms with E-state index in [1.165, 1.54) is 40.7 Å². The number of hydrogen-bond donors (Lipinski definition) is 1. The van der Waals surface area contributed by atoms with Crippen LogP contribution in [-0.2, 0) is 16.2 Å². The minimum atomic E-state index is -4.61. The van der Waals surface area contributed by atoms with Crippen LogP contribution in [0.3, 0.4) is 0 Å². The number of nitrogens with zero attached hydrogens (tertiary/aromatic N) is 1. The molecule has 1 saturated heterocycles. The van der Waals surface area contributed by atoms with E-state index >= 15 is 0 Å². The summed E-state index contributed by atoms with van der Waals surface area (Å²) < 4.78 is 66.5. The van der Waals surface area contributed by atoms with E-state index in [1.54, 1.807) is 0 Å². The number of hydrogen-bond acceptors (Lipinski definition) is 3. The van der Waals surface area contributed by atoms with E-state index in [0.29, 0.717) is 13.1 Å². The SMILES string of the molecule is C[C@@H]1C[C@H](C)CN(S(=O)(=O)c2ccc(C(=O)Nc3ccccc3C(F)(F)F)cc2)C1. The monoisotopic (exact) mass is 440 g/mol. The maximum absolute atomic E-state index is 13.1. The van der Waals surface area contributed by atoms with Crippen LogP contribution >= 0.6 is 0 Å². The van der Waals surface area contributed by atoms with Gasteiger partial charge in [-0.15, -0.1) is 0 Å². The Balaban J connectivity index is 1.78. The molecule has 1 amide bonds. The molecule has 1 fully saturated rings. The molecule has 0 saturated carbocycles. The lowest BCUT2D eigenvalue weighted by Gasteiger charge is -2.34. The Kier molecular flexibility index (Phi) is 6.24. The summed E-state index contributed by atoms with van der Waals surface area (Å²) in [6, 6.07) is 9.89. The summed E-state index contributed by atoms with van der Waals surface area (Å²) in [5.74, 6) is -0.250. The van der Waals surface area contributed by atoms with Gasteiger partial charge in [0.25, 0.3) is 5.91 Å². The molecular formula is C21H23F3N2O3S. The van der Waals surface area contributed by atoms with Crippen LogP contribution in [0.15, 0.2) is 53.4 Å². The van der Waals surface area contributed by atoms with Crippen molar-refractivity contribution in [3.63, 3.8) is 0 Å². The molecule has 2 atom stereocenters. The van der Waals surface area contributed by atoms with Crippen molar-refractivity contribution in [3.8, 4) is 0 Å². The first-order valence-corrected chi connectivity index (χ1v) is 11.0. The van der Waals surface area contributed by atoms with Gasteiger partial charge in [0.15, 0.2) is 0 Å². The molecule has 5 nitrogen and oxygen atoms in total. The summed E-state index contributed by atoms with van der Waals surface area (Å²) in [4.78, 5) is 12.5. The number of sulfonamides is 1. The zero-order valence-corrected chi connectivity index (χ0v) is 17.4. The lowest BCUT2D eigenvalue weighted by molar-refractivity contribution is -0.136. The van der Waals surface area contributed by atoms with Crippen molar-refractivity contribution in [2.24, 2.45) is 11.8 Å². The second kappa shape index (κ2) is 8.39. The van der Waals surface area contributed by atoms with Crippen molar-refractivity contribution < 1.29 is 26.4 Å². The average Bonchev–Trinajstić information content (AvgIpc) is 2.67. The highest BCUT2D eigenvalue weighted by Gasteiger charge is 2.34. The van der Waals surface area contributed by atoms with Crippen LogP contribution in [0.2, 0.25) is 0 Å². The summed E-state index contributed by atoms with van der Waals surface area (Å²) in [6.45, 7) is 4.88. The lowest BCUT2D eigenvalue weighted by Crippen LogP contribution is -2.42. The number of nitrogens with one attached hydrogen (secondary N) is 1. The van der Waals surface area contributed by atoms with Crippen LogP contribution in [0.25, 0.3) is 0 Å². The zero-order valence-electron chi connectivity index (χ0n) is 16.6. The topological polar surface area (TPSA) is 66.5 Å². The standard InChI is InChI=1S/C21H23F3N2O3S/c1-14-11-15(2)13-26(12-14)30(28,29)17-9-7-16(8-10-17)20(27)25-19-6-4-3-5-18(19)21(22,23)24/h3-10,14-15H,11-13H2,1-2H3,(H,25,27)/t14-,15+. The molecular weight excluding hydrogens is 417 g/mol. The van der Waals surface area contributed by atoms with Crippen molar-refractivity contribution in [2.75, 3.05) is 18.4 Å². The summed E-state index contributed by atoms with van der Waals surface area (Å²) in [6.07, 6.45) is -3.64. The van der Waals surface area contributed by atoms with E-state index in [-0.39, 0.29) is 28.0 Å². The molecule has 2 aromatic carbocycles. The van der Waals surface area contributed by atoms with E-state index in [1.807, 2.05) is 13.8 Å². The molecule has 0 bridgehead atoms. The summed E-state index contributed by atoms with van der Waals surface area (Å²) in [5, 5.41) is 2.25. The third-order valence-electron chi connectivity index (χ3n) is 5.07. The Morgan fingerprint density at radius 1 is 1.00 bits per heavy atom. The molecule has 1 N–H and O–H groups in total. The van der Waals surface area contributed by atoms with Crippen molar-refractivity contribution in [3.05, 3.63) is 59.7 Å². The number of benzene rings is 2. The molecule has 1 heterocycles. The molecule has 1 aliphatic heterocycles. The van der Waals surface area contributed by atoms with Gasteiger partial charge < -0.3 is 5.32 Å². The maximum atomic E-state index is 13.1. The van der Waals surface area contributed by atoms with Crippen molar-refractivity contribution in [1.82, 2.24) is 4.31 Å². The van der Waals surface area contributed by atoms with E-state index in [2.05, 4.69) is 5.32 Å². The average molecular weight is 440 g/mol. The summed E-state index contributed by atoms with van der Waals surface area (Å²) >= 11 is 0. The van der Waals surface area contributed by atoms with Gasteiger partial charge in [-0.05, 0) is 54.7 Å².